The summed E-state index contributed by atoms with van der Waals surface area (Å²) in [6.07, 6.45) is 0. The zero-order valence-corrected chi connectivity index (χ0v) is 14.2. The molecule has 0 fully saturated rings. The first-order valence-corrected chi connectivity index (χ1v) is 7.65. The normalized spacial score (nSPS) is 10.8. The number of amides is 1. The molecule has 3 rings (SSSR count). The summed E-state index contributed by atoms with van der Waals surface area (Å²) < 4.78 is 1.72. The highest BCUT2D eigenvalue weighted by Crippen LogP contribution is 2.19. The first-order valence-electron chi connectivity index (χ1n) is 7.28. The van der Waals surface area contributed by atoms with Crippen LogP contribution < -0.4 is 5.32 Å². The second-order valence-corrected chi connectivity index (χ2v) is 5.81. The van der Waals surface area contributed by atoms with Gasteiger partial charge in [0, 0.05) is 17.6 Å². The third kappa shape index (κ3) is 3.28. The second kappa shape index (κ2) is 6.40. The lowest BCUT2D eigenvalue weighted by molar-refractivity contribution is -0.117. The summed E-state index contributed by atoms with van der Waals surface area (Å²) in [4.78, 5) is 13.4. The molecule has 3 aromatic rings. The number of hydrogen-bond acceptors (Lipinski definition) is 5. The Kier molecular flexibility index (Phi) is 4.30. The minimum absolute atomic E-state index is 0.0403. The van der Waals surface area contributed by atoms with Crippen molar-refractivity contribution in [3.05, 3.63) is 40.7 Å². The molecule has 0 spiro atoms. The average molecular weight is 346 g/mol. The third-order valence-corrected chi connectivity index (χ3v) is 3.83. The van der Waals surface area contributed by atoms with E-state index in [1.807, 2.05) is 27.0 Å². The smallest absolute Gasteiger partial charge is 0.248 e. The van der Waals surface area contributed by atoms with Crippen LogP contribution in [0.25, 0.3) is 11.4 Å². The van der Waals surface area contributed by atoms with Gasteiger partial charge in [0.1, 0.15) is 6.54 Å². The highest BCUT2D eigenvalue weighted by molar-refractivity contribution is 6.30. The lowest BCUT2D eigenvalue weighted by Crippen LogP contribution is -2.21. The monoisotopic (exact) mass is 345 g/mol. The predicted molar refractivity (Wildman–Crippen MR) is 89.6 cm³/mol. The Bertz CT molecular complexity index is 899. The molecule has 0 radical (unpaired) electrons. The number of carbonyl (C=O) groups is 1. The maximum Gasteiger partial charge on any atom is 0.248 e. The van der Waals surface area contributed by atoms with Gasteiger partial charge in [0.25, 0.3) is 0 Å². The van der Waals surface area contributed by atoms with E-state index in [1.54, 1.807) is 22.9 Å². The Morgan fingerprint density at radius 1 is 1.29 bits per heavy atom. The SMILES string of the molecule is Cc1nn(C)c(C)c1NC(=O)Cn1nnc(-c2cccc(Cl)c2)n1. The molecule has 0 saturated carbocycles. The first kappa shape index (κ1) is 16.1. The van der Waals surface area contributed by atoms with E-state index in [9.17, 15) is 4.79 Å². The maximum absolute atomic E-state index is 12.2. The fourth-order valence-corrected chi connectivity index (χ4v) is 2.51. The Balaban J connectivity index is 1.71. The van der Waals surface area contributed by atoms with E-state index in [-0.39, 0.29) is 12.5 Å². The van der Waals surface area contributed by atoms with Crippen molar-refractivity contribution in [2.75, 3.05) is 5.32 Å². The van der Waals surface area contributed by atoms with Crippen molar-refractivity contribution >= 4 is 23.2 Å². The van der Waals surface area contributed by atoms with E-state index in [0.717, 1.165) is 17.0 Å². The molecule has 0 aliphatic heterocycles. The molecule has 2 heterocycles. The molecule has 24 heavy (non-hydrogen) atoms. The second-order valence-electron chi connectivity index (χ2n) is 5.37. The number of hydrogen-bond donors (Lipinski definition) is 1. The molecule has 1 aromatic carbocycles. The van der Waals surface area contributed by atoms with Gasteiger partial charge in [-0.2, -0.15) is 9.90 Å². The number of anilines is 1. The number of rotatable bonds is 4. The molecule has 0 unspecified atom stereocenters. The minimum atomic E-state index is -0.246. The van der Waals surface area contributed by atoms with Gasteiger partial charge in [-0.1, -0.05) is 23.7 Å². The van der Waals surface area contributed by atoms with Crippen LogP contribution in [0.15, 0.2) is 24.3 Å². The lowest BCUT2D eigenvalue weighted by Gasteiger charge is -2.04. The van der Waals surface area contributed by atoms with Crippen molar-refractivity contribution in [2.24, 2.45) is 7.05 Å². The molecule has 1 amide bonds. The molecular formula is C15H16ClN7O. The summed E-state index contributed by atoms with van der Waals surface area (Å²) in [5.74, 6) is 0.170. The van der Waals surface area contributed by atoms with Gasteiger partial charge in [-0.05, 0) is 31.2 Å². The van der Waals surface area contributed by atoms with Crippen molar-refractivity contribution in [3.8, 4) is 11.4 Å². The quantitative estimate of drug-likeness (QED) is 0.780. The number of benzene rings is 1. The number of aromatic nitrogens is 6. The number of tetrazole rings is 1. The summed E-state index contributed by atoms with van der Waals surface area (Å²) in [6.45, 7) is 3.69. The van der Waals surface area contributed by atoms with E-state index in [4.69, 9.17) is 11.6 Å². The molecule has 124 valence electrons. The molecular weight excluding hydrogens is 330 g/mol. The number of nitrogens with one attached hydrogen (secondary N) is 1. The Hall–Kier alpha value is -2.74. The van der Waals surface area contributed by atoms with Crippen LogP contribution in [0.2, 0.25) is 5.02 Å². The number of nitrogens with zero attached hydrogens (tertiary/aromatic N) is 6. The van der Waals surface area contributed by atoms with E-state index in [1.165, 1.54) is 4.80 Å². The molecule has 0 aliphatic carbocycles. The third-order valence-electron chi connectivity index (χ3n) is 3.59. The van der Waals surface area contributed by atoms with Gasteiger partial charge >= 0.3 is 0 Å². The van der Waals surface area contributed by atoms with Gasteiger partial charge in [-0.15, -0.1) is 10.2 Å². The standard InChI is InChI=1S/C15H16ClN7O/c1-9-14(10(2)22(3)19-9)17-13(24)8-23-20-15(18-21-23)11-5-4-6-12(16)7-11/h4-7H,8H2,1-3H3,(H,17,24). The van der Waals surface area contributed by atoms with Gasteiger partial charge in [0.15, 0.2) is 0 Å². The van der Waals surface area contributed by atoms with Crippen molar-refractivity contribution in [3.63, 3.8) is 0 Å². The van der Waals surface area contributed by atoms with Crippen molar-refractivity contribution in [1.29, 1.82) is 0 Å². The molecule has 0 saturated heterocycles. The molecule has 0 aliphatic rings. The average Bonchev–Trinajstić information content (AvgIpc) is 3.08. The van der Waals surface area contributed by atoms with Gasteiger partial charge in [-0.25, -0.2) is 0 Å². The summed E-state index contributed by atoms with van der Waals surface area (Å²) in [5, 5.41) is 19.7. The largest absolute Gasteiger partial charge is 0.321 e. The molecule has 9 heteroatoms. The first-order chi connectivity index (χ1) is 11.4. The van der Waals surface area contributed by atoms with E-state index < -0.39 is 0 Å². The predicted octanol–water partition coefficient (Wildman–Crippen LogP) is 1.98. The van der Waals surface area contributed by atoms with E-state index in [0.29, 0.717) is 16.5 Å². The van der Waals surface area contributed by atoms with Crippen molar-refractivity contribution in [2.45, 2.75) is 20.4 Å². The van der Waals surface area contributed by atoms with Gasteiger partial charge in [0.2, 0.25) is 11.7 Å². The van der Waals surface area contributed by atoms with Gasteiger partial charge in [-0.3, -0.25) is 9.48 Å². The van der Waals surface area contributed by atoms with Crippen molar-refractivity contribution in [1.82, 2.24) is 30.0 Å². The molecule has 8 nitrogen and oxygen atoms in total. The number of halogens is 1. The summed E-state index contributed by atoms with van der Waals surface area (Å²) >= 11 is 5.95. The van der Waals surface area contributed by atoms with Crippen LogP contribution in [0, 0.1) is 13.8 Å². The zero-order chi connectivity index (χ0) is 17.3. The van der Waals surface area contributed by atoms with Crippen LogP contribution in [0.5, 0.6) is 0 Å². The van der Waals surface area contributed by atoms with E-state index >= 15 is 0 Å². The Morgan fingerprint density at radius 3 is 2.75 bits per heavy atom. The van der Waals surface area contributed by atoms with Crippen LogP contribution in [0.4, 0.5) is 5.69 Å². The molecule has 0 atom stereocenters. The van der Waals surface area contributed by atoms with E-state index in [2.05, 4.69) is 25.8 Å². The minimum Gasteiger partial charge on any atom is -0.321 e. The van der Waals surface area contributed by atoms with Crippen LogP contribution in [0.3, 0.4) is 0 Å². The summed E-state index contributed by atoms with van der Waals surface area (Å²) in [7, 11) is 1.83. The van der Waals surface area contributed by atoms with Crippen LogP contribution in [-0.2, 0) is 18.4 Å². The lowest BCUT2D eigenvalue weighted by atomic mass is 10.2. The van der Waals surface area contributed by atoms with Crippen LogP contribution >= 0.6 is 11.6 Å². The fraction of sp³-hybridized carbons (Fsp3) is 0.267. The topological polar surface area (TPSA) is 90.5 Å². The molecule has 0 bridgehead atoms. The van der Waals surface area contributed by atoms with Crippen LogP contribution in [0.1, 0.15) is 11.4 Å². The Morgan fingerprint density at radius 2 is 2.08 bits per heavy atom. The maximum atomic E-state index is 12.2. The molecule has 2 aromatic heterocycles. The molecule has 1 N–H and O–H groups in total. The fourth-order valence-electron chi connectivity index (χ4n) is 2.32. The Labute approximate surface area is 143 Å². The zero-order valence-electron chi connectivity index (χ0n) is 13.5. The summed E-state index contributed by atoms with van der Waals surface area (Å²) in [6, 6.07) is 7.14. The van der Waals surface area contributed by atoms with Gasteiger partial charge < -0.3 is 5.32 Å². The number of aryl methyl sites for hydroxylation is 2. The van der Waals surface area contributed by atoms with Crippen molar-refractivity contribution < 1.29 is 4.79 Å². The summed E-state index contributed by atoms with van der Waals surface area (Å²) in [5.41, 5.74) is 3.09. The van der Waals surface area contributed by atoms with Gasteiger partial charge in [0.05, 0.1) is 17.1 Å². The highest BCUT2D eigenvalue weighted by atomic mass is 35.5. The van der Waals surface area contributed by atoms with Crippen LogP contribution in [-0.4, -0.2) is 35.9 Å². The number of carbonyl (C=O) groups excluding carboxylic acids is 1. The highest BCUT2D eigenvalue weighted by Gasteiger charge is 2.14.